The second-order valence-electron chi connectivity index (χ2n) is 6.11. The van der Waals surface area contributed by atoms with Crippen LogP contribution in [0.3, 0.4) is 0 Å². The zero-order valence-corrected chi connectivity index (χ0v) is 14.3. The highest BCUT2D eigenvalue weighted by Crippen LogP contribution is 2.15. The Balaban J connectivity index is 1.91. The van der Waals surface area contributed by atoms with E-state index in [1.54, 1.807) is 36.4 Å². The van der Waals surface area contributed by atoms with Crippen molar-refractivity contribution in [1.82, 2.24) is 5.32 Å². The Bertz CT molecular complexity index is 678. The fourth-order valence-corrected chi connectivity index (χ4v) is 2.07. The summed E-state index contributed by atoms with van der Waals surface area (Å²) in [6.07, 6.45) is 0. The first-order chi connectivity index (χ1) is 11.5. The predicted molar refractivity (Wildman–Crippen MR) is 94.3 cm³/mol. The number of hydrogen-bond donors (Lipinski definition) is 1. The number of ketones is 1. The zero-order valence-electron chi connectivity index (χ0n) is 14.3. The first-order valence-electron chi connectivity index (χ1n) is 8.09. The van der Waals surface area contributed by atoms with Gasteiger partial charge in [-0.1, -0.05) is 44.2 Å². The number of hydrogen-bond acceptors (Lipinski definition) is 3. The second kappa shape index (κ2) is 8.29. The molecule has 1 amide bonds. The molecule has 0 unspecified atom stereocenters. The summed E-state index contributed by atoms with van der Waals surface area (Å²) in [6, 6.07) is 16.0. The van der Waals surface area contributed by atoms with Crippen molar-refractivity contribution in [1.29, 1.82) is 0 Å². The van der Waals surface area contributed by atoms with Crippen molar-refractivity contribution in [3.8, 4) is 5.75 Å². The van der Waals surface area contributed by atoms with E-state index in [9.17, 15) is 9.59 Å². The Morgan fingerprint density at radius 1 is 0.917 bits per heavy atom. The van der Waals surface area contributed by atoms with Crippen molar-refractivity contribution in [2.24, 2.45) is 5.92 Å². The summed E-state index contributed by atoms with van der Waals surface area (Å²) in [5, 5.41) is 2.88. The van der Waals surface area contributed by atoms with Crippen molar-refractivity contribution in [2.75, 3.05) is 6.61 Å². The monoisotopic (exact) mass is 325 g/mol. The standard InChI is InChI=1S/C20H23NO3/c1-14(2)15(3)21-19(22)13-24-18-11-9-17(10-12-18)20(23)16-7-5-4-6-8-16/h4-12,14-15H,13H2,1-3H3,(H,21,22)/t15-/m0/s1. The van der Waals surface area contributed by atoms with Gasteiger partial charge in [0, 0.05) is 17.2 Å². The molecule has 2 rings (SSSR count). The topological polar surface area (TPSA) is 55.4 Å². The molecule has 0 saturated carbocycles. The maximum absolute atomic E-state index is 12.3. The molecule has 0 heterocycles. The van der Waals surface area contributed by atoms with Gasteiger partial charge in [0.15, 0.2) is 12.4 Å². The third-order valence-electron chi connectivity index (χ3n) is 3.91. The van der Waals surface area contributed by atoms with Gasteiger partial charge in [-0.3, -0.25) is 9.59 Å². The minimum Gasteiger partial charge on any atom is -0.484 e. The molecule has 1 N–H and O–H groups in total. The average Bonchev–Trinajstić information content (AvgIpc) is 2.60. The Morgan fingerprint density at radius 2 is 1.50 bits per heavy atom. The third-order valence-corrected chi connectivity index (χ3v) is 3.91. The van der Waals surface area contributed by atoms with Crippen LogP contribution in [0.5, 0.6) is 5.75 Å². The molecule has 2 aromatic rings. The molecule has 0 radical (unpaired) electrons. The zero-order chi connectivity index (χ0) is 17.5. The van der Waals surface area contributed by atoms with Gasteiger partial charge in [0.2, 0.25) is 0 Å². The molecular formula is C20H23NO3. The van der Waals surface area contributed by atoms with E-state index >= 15 is 0 Å². The number of carbonyl (C=O) groups excluding carboxylic acids is 2. The molecule has 4 nitrogen and oxygen atoms in total. The lowest BCUT2D eigenvalue weighted by molar-refractivity contribution is -0.124. The minimum absolute atomic E-state index is 0.0364. The van der Waals surface area contributed by atoms with Gasteiger partial charge >= 0.3 is 0 Å². The smallest absolute Gasteiger partial charge is 0.258 e. The molecule has 0 aliphatic rings. The van der Waals surface area contributed by atoms with E-state index in [-0.39, 0.29) is 24.3 Å². The van der Waals surface area contributed by atoms with Gasteiger partial charge in [0.25, 0.3) is 5.91 Å². The molecule has 0 spiro atoms. The lowest BCUT2D eigenvalue weighted by Gasteiger charge is -2.17. The van der Waals surface area contributed by atoms with Crippen molar-refractivity contribution in [3.05, 3.63) is 65.7 Å². The van der Waals surface area contributed by atoms with Gasteiger partial charge in [0.05, 0.1) is 0 Å². The molecular weight excluding hydrogens is 302 g/mol. The quantitative estimate of drug-likeness (QED) is 0.793. The SMILES string of the molecule is CC(C)[C@H](C)NC(=O)COc1ccc(C(=O)c2ccccc2)cc1. The van der Waals surface area contributed by atoms with Gasteiger partial charge in [-0.05, 0) is 37.1 Å². The Kier molecular flexibility index (Phi) is 6.13. The molecule has 0 aromatic heterocycles. The summed E-state index contributed by atoms with van der Waals surface area (Å²) < 4.78 is 5.47. The van der Waals surface area contributed by atoms with Crippen LogP contribution in [-0.2, 0) is 4.79 Å². The summed E-state index contributed by atoms with van der Waals surface area (Å²) in [7, 11) is 0. The molecule has 126 valence electrons. The van der Waals surface area contributed by atoms with E-state index in [0.29, 0.717) is 22.8 Å². The van der Waals surface area contributed by atoms with Gasteiger partial charge in [-0.15, -0.1) is 0 Å². The largest absolute Gasteiger partial charge is 0.484 e. The number of nitrogens with one attached hydrogen (secondary N) is 1. The van der Waals surface area contributed by atoms with Crippen LogP contribution < -0.4 is 10.1 Å². The van der Waals surface area contributed by atoms with E-state index in [1.807, 2.05) is 39.0 Å². The van der Waals surface area contributed by atoms with Crippen molar-refractivity contribution in [2.45, 2.75) is 26.8 Å². The van der Waals surface area contributed by atoms with Crippen LogP contribution in [0.15, 0.2) is 54.6 Å². The van der Waals surface area contributed by atoms with Crippen molar-refractivity contribution >= 4 is 11.7 Å². The van der Waals surface area contributed by atoms with Crippen molar-refractivity contribution in [3.63, 3.8) is 0 Å². The number of ether oxygens (including phenoxy) is 1. The van der Waals surface area contributed by atoms with Crippen LogP contribution in [0.4, 0.5) is 0 Å². The van der Waals surface area contributed by atoms with E-state index in [4.69, 9.17) is 4.74 Å². The van der Waals surface area contributed by atoms with E-state index < -0.39 is 0 Å². The summed E-state index contributed by atoms with van der Waals surface area (Å²) in [4.78, 5) is 24.1. The first kappa shape index (κ1) is 17.7. The first-order valence-corrected chi connectivity index (χ1v) is 8.09. The Morgan fingerprint density at radius 3 is 2.08 bits per heavy atom. The van der Waals surface area contributed by atoms with E-state index in [1.165, 1.54) is 0 Å². The molecule has 24 heavy (non-hydrogen) atoms. The molecule has 0 aliphatic carbocycles. The lowest BCUT2D eigenvalue weighted by Crippen LogP contribution is -2.38. The number of rotatable bonds is 7. The lowest BCUT2D eigenvalue weighted by atomic mass is 10.0. The van der Waals surface area contributed by atoms with Crippen LogP contribution >= 0.6 is 0 Å². The minimum atomic E-state index is -0.152. The van der Waals surface area contributed by atoms with Crippen LogP contribution in [0.2, 0.25) is 0 Å². The van der Waals surface area contributed by atoms with E-state index in [2.05, 4.69) is 5.32 Å². The molecule has 0 aliphatic heterocycles. The summed E-state index contributed by atoms with van der Waals surface area (Å²) >= 11 is 0. The highest BCUT2D eigenvalue weighted by Gasteiger charge is 2.12. The highest BCUT2D eigenvalue weighted by atomic mass is 16.5. The van der Waals surface area contributed by atoms with Gasteiger partial charge < -0.3 is 10.1 Å². The van der Waals surface area contributed by atoms with Gasteiger partial charge in [-0.2, -0.15) is 0 Å². The Labute approximate surface area is 142 Å². The molecule has 1 atom stereocenters. The highest BCUT2D eigenvalue weighted by molar-refractivity contribution is 6.08. The van der Waals surface area contributed by atoms with Crippen LogP contribution in [-0.4, -0.2) is 24.3 Å². The fraction of sp³-hybridized carbons (Fsp3) is 0.300. The number of carbonyl (C=O) groups is 2. The third kappa shape index (κ3) is 4.95. The van der Waals surface area contributed by atoms with E-state index in [0.717, 1.165) is 0 Å². The van der Waals surface area contributed by atoms with Crippen LogP contribution in [0, 0.1) is 5.92 Å². The summed E-state index contributed by atoms with van der Waals surface area (Å²) in [6.45, 7) is 6.03. The fourth-order valence-electron chi connectivity index (χ4n) is 2.07. The van der Waals surface area contributed by atoms with Crippen molar-refractivity contribution < 1.29 is 14.3 Å². The number of amides is 1. The molecule has 0 saturated heterocycles. The summed E-state index contributed by atoms with van der Waals surface area (Å²) in [5.74, 6) is 0.746. The van der Waals surface area contributed by atoms with Gasteiger partial charge in [0.1, 0.15) is 5.75 Å². The predicted octanol–water partition coefficient (Wildman–Crippen LogP) is 3.46. The normalized spacial score (nSPS) is 11.8. The molecule has 0 fully saturated rings. The maximum atomic E-state index is 12.3. The number of benzene rings is 2. The second-order valence-corrected chi connectivity index (χ2v) is 6.11. The van der Waals surface area contributed by atoms with Crippen LogP contribution in [0.25, 0.3) is 0 Å². The summed E-state index contributed by atoms with van der Waals surface area (Å²) in [5.41, 5.74) is 1.24. The van der Waals surface area contributed by atoms with Gasteiger partial charge in [-0.25, -0.2) is 0 Å². The average molecular weight is 325 g/mol. The molecule has 2 aromatic carbocycles. The Hall–Kier alpha value is -2.62. The van der Waals surface area contributed by atoms with Crippen LogP contribution in [0.1, 0.15) is 36.7 Å². The molecule has 4 heteroatoms. The maximum Gasteiger partial charge on any atom is 0.258 e. The molecule has 0 bridgehead atoms.